The molecule has 1 N–H and O–H groups in total. The molecule has 0 aliphatic heterocycles. The molecule has 3 nitrogen and oxygen atoms in total. The van der Waals surface area contributed by atoms with Crippen LogP contribution >= 0.6 is 0 Å². The van der Waals surface area contributed by atoms with Crippen LogP contribution in [0.3, 0.4) is 0 Å². The van der Waals surface area contributed by atoms with E-state index in [1.165, 1.54) is 12.2 Å². The molecule has 1 rings (SSSR count). The summed E-state index contributed by atoms with van der Waals surface area (Å²) in [6.07, 6.45) is 2.67. The Morgan fingerprint density at radius 3 is 2.57 bits per heavy atom. The Hall–Kier alpha value is -1.97. The molecule has 1 aromatic heterocycles. The van der Waals surface area contributed by atoms with E-state index in [9.17, 15) is 9.18 Å². The van der Waals surface area contributed by atoms with Gasteiger partial charge in [-0.15, -0.1) is 0 Å². The Morgan fingerprint density at radius 1 is 1.50 bits per heavy atom. The van der Waals surface area contributed by atoms with Crippen molar-refractivity contribution < 1.29 is 14.3 Å². The Kier molecular flexibility index (Phi) is 2.76. The van der Waals surface area contributed by atoms with Gasteiger partial charge >= 0.3 is 5.97 Å². The standard InChI is InChI=1S/C10H8FNO2/c1-3-6-5-8(11)12-9(10(13)14)7(6)4-2/h3-5H,1-2H2,(H,13,14). The molecule has 0 aliphatic carbocycles. The van der Waals surface area contributed by atoms with Crippen LogP contribution in [-0.4, -0.2) is 16.1 Å². The highest BCUT2D eigenvalue weighted by Crippen LogP contribution is 2.16. The van der Waals surface area contributed by atoms with Crippen LogP contribution in [-0.2, 0) is 0 Å². The van der Waals surface area contributed by atoms with Crippen molar-refractivity contribution in [3.8, 4) is 0 Å². The maximum absolute atomic E-state index is 12.8. The summed E-state index contributed by atoms with van der Waals surface area (Å²) < 4.78 is 12.8. The van der Waals surface area contributed by atoms with E-state index in [1.807, 2.05) is 0 Å². The van der Waals surface area contributed by atoms with E-state index in [0.29, 0.717) is 5.56 Å². The number of hydrogen-bond donors (Lipinski definition) is 1. The molecule has 1 aromatic rings. The van der Waals surface area contributed by atoms with Crippen molar-refractivity contribution in [3.63, 3.8) is 0 Å². The summed E-state index contributed by atoms with van der Waals surface area (Å²) in [4.78, 5) is 14.0. The Morgan fingerprint density at radius 2 is 2.14 bits per heavy atom. The van der Waals surface area contributed by atoms with Crippen molar-refractivity contribution in [1.29, 1.82) is 0 Å². The number of rotatable bonds is 3. The highest BCUT2D eigenvalue weighted by Gasteiger charge is 2.14. The summed E-state index contributed by atoms with van der Waals surface area (Å²) in [5, 5.41) is 8.73. The van der Waals surface area contributed by atoms with Crippen molar-refractivity contribution in [3.05, 3.63) is 42.0 Å². The van der Waals surface area contributed by atoms with Gasteiger partial charge in [0.25, 0.3) is 0 Å². The third kappa shape index (κ3) is 1.69. The van der Waals surface area contributed by atoms with Gasteiger partial charge in [-0.1, -0.05) is 25.3 Å². The average Bonchev–Trinajstić information content (AvgIpc) is 2.16. The molecule has 0 saturated carbocycles. The van der Waals surface area contributed by atoms with E-state index < -0.39 is 11.9 Å². The van der Waals surface area contributed by atoms with Gasteiger partial charge in [0.1, 0.15) is 0 Å². The lowest BCUT2D eigenvalue weighted by Gasteiger charge is -2.04. The summed E-state index contributed by atoms with van der Waals surface area (Å²) in [7, 11) is 0. The lowest BCUT2D eigenvalue weighted by molar-refractivity contribution is 0.0689. The van der Waals surface area contributed by atoms with Gasteiger partial charge in [0.05, 0.1) is 0 Å². The number of hydrogen-bond acceptors (Lipinski definition) is 2. The maximum atomic E-state index is 12.8. The van der Waals surface area contributed by atoms with Crippen molar-refractivity contribution in [2.24, 2.45) is 0 Å². The second-order valence-corrected chi connectivity index (χ2v) is 2.51. The van der Waals surface area contributed by atoms with E-state index in [2.05, 4.69) is 18.1 Å². The number of halogens is 1. The van der Waals surface area contributed by atoms with E-state index in [0.717, 1.165) is 6.07 Å². The summed E-state index contributed by atoms with van der Waals surface area (Å²) in [6, 6.07) is 1.11. The zero-order chi connectivity index (χ0) is 10.7. The number of aromatic nitrogens is 1. The van der Waals surface area contributed by atoms with Crippen LogP contribution in [0.4, 0.5) is 4.39 Å². The van der Waals surface area contributed by atoms with Crippen molar-refractivity contribution in [2.75, 3.05) is 0 Å². The molecule has 72 valence electrons. The summed E-state index contributed by atoms with van der Waals surface area (Å²) in [6.45, 7) is 6.88. The quantitative estimate of drug-likeness (QED) is 0.748. The molecule has 0 saturated heterocycles. The van der Waals surface area contributed by atoms with Crippen molar-refractivity contribution in [1.82, 2.24) is 4.98 Å². The number of pyridine rings is 1. The molecule has 0 aromatic carbocycles. The first-order valence-corrected chi connectivity index (χ1v) is 3.79. The van der Waals surface area contributed by atoms with Crippen LogP contribution in [0, 0.1) is 5.95 Å². The molecule has 0 atom stereocenters. The Labute approximate surface area is 80.2 Å². The molecular weight excluding hydrogens is 185 g/mol. The Bertz CT molecular complexity index is 413. The minimum atomic E-state index is -1.29. The van der Waals surface area contributed by atoms with E-state index >= 15 is 0 Å². The molecule has 0 aliphatic rings. The maximum Gasteiger partial charge on any atom is 0.355 e. The molecule has 0 fully saturated rings. The van der Waals surface area contributed by atoms with Gasteiger partial charge in [-0.3, -0.25) is 0 Å². The molecule has 0 unspecified atom stereocenters. The molecule has 0 bridgehead atoms. The van der Waals surface area contributed by atoms with Crippen LogP contribution in [0.15, 0.2) is 19.2 Å². The monoisotopic (exact) mass is 193 g/mol. The minimum Gasteiger partial charge on any atom is -0.476 e. The minimum absolute atomic E-state index is 0.272. The van der Waals surface area contributed by atoms with Gasteiger partial charge < -0.3 is 5.11 Å². The van der Waals surface area contributed by atoms with Gasteiger partial charge in [-0.2, -0.15) is 4.39 Å². The van der Waals surface area contributed by atoms with Crippen molar-refractivity contribution >= 4 is 18.1 Å². The molecule has 0 spiro atoms. The third-order valence-electron chi connectivity index (χ3n) is 1.69. The number of carboxylic acid groups (broad SMARTS) is 1. The number of carboxylic acids is 1. The number of nitrogens with zero attached hydrogens (tertiary/aromatic N) is 1. The van der Waals surface area contributed by atoms with E-state index in [4.69, 9.17) is 5.11 Å². The summed E-state index contributed by atoms with van der Waals surface area (Å²) >= 11 is 0. The van der Waals surface area contributed by atoms with Crippen LogP contribution in [0.5, 0.6) is 0 Å². The largest absolute Gasteiger partial charge is 0.476 e. The molecular formula is C10H8FNO2. The average molecular weight is 193 g/mol. The summed E-state index contributed by atoms with van der Waals surface area (Å²) in [5.41, 5.74) is 0.286. The SMILES string of the molecule is C=Cc1cc(F)nc(C(=O)O)c1C=C. The fourth-order valence-electron chi connectivity index (χ4n) is 1.09. The van der Waals surface area contributed by atoms with Crippen LogP contribution in [0.25, 0.3) is 12.2 Å². The fourth-order valence-corrected chi connectivity index (χ4v) is 1.09. The molecule has 14 heavy (non-hydrogen) atoms. The topological polar surface area (TPSA) is 50.2 Å². The number of carbonyl (C=O) groups is 1. The second kappa shape index (κ2) is 3.83. The Balaban J connectivity index is 3.54. The predicted molar refractivity (Wildman–Crippen MR) is 51.3 cm³/mol. The lowest BCUT2D eigenvalue weighted by atomic mass is 10.1. The van der Waals surface area contributed by atoms with Crippen LogP contribution in [0.1, 0.15) is 21.6 Å². The fraction of sp³-hybridized carbons (Fsp3) is 0. The first kappa shape index (κ1) is 10.1. The van der Waals surface area contributed by atoms with Gasteiger partial charge in [-0.05, 0) is 5.56 Å². The molecule has 0 amide bonds. The normalized spacial score (nSPS) is 9.50. The van der Waals surface area contributed by atoms with Gasteiger partial charge in [0.2, 0.25) is 5.95 Å². The predicted octanol–water partition coefficient (Wildman–Crippen LogP) is 2.20. The van der Waals surface area contributed by atoms with Gasteiger partial charge in [0.15, 0.2) is 5.69 Å². The zero-order valence-electron chi connectivity index (χ0n) is 7.33. The zero-order valence-corrected chi connectivity index (χ0v) is 7.33. The van der Waals surface area contributed by atoms with Gasteiger partial charge in [0, 0.05) is 11.6 Å². The van der Waals surface area contributed by atoms with E-state index in [-0.39, 0.29) is 11.3 Å². The molecule has 1 heterocycles. The smallest absolute Gasteiger partial charge is 0.355 e. The third-order valence-corrected chi connectivity index (χ3v) is 1.69. The first-order valence-electron chi connectivity index (χ1n) is 3.79. The highest BCUT2D eigenvalue weighted by molar-refractivity contribution is 5.91. The van der Waals surface area contributed by atoms with Gasteiger partial charge in [-0.25, -0.2) is 9.78 Å². The number of aromatic carboxylic acids is 1. The molecule has 0 radical (unpaired) electrons. The van der Waals surface area contributed by atoms with Crippen LogP contribution < -0.4 is 0 Å². The highest BCUT2D eigenvalue weighted by atomic mass is 19.1. The van der Waals surface area contributed by atoms with Crippen molar-refractivity contribution in [2.45, 2.75) is 0 Å². The summed E-state index contributed by atoms with van der Waals surface area (Å²) in [5.74, 6) is -2.13. The molecule has 4 heteroatoms. The van der Waals surface area contributed by atoms with E-state index in [1.54, 1.807) is 0 Å². The lowest BCUT2D eigenvalue weighted by Crippen LogP contribution is -2.06. The second-order valence-electron chi connectivity index (χ2n) is 2.51. The van der Waals surface area contributed by atoms with Crippen LogP contribution in [0.2, 0.25) is 0 Å². The first-order chi connectivity index (χ1) is 6.60.